The van der Waals surface area contributed by atoms with Gasteiger partial charge in [-0.3, -0.25) is 14.0 Å². The highest BCUT2D eigenvalue weighted by Crippen LogP contribution is 2.27. The van der Waals surface area contributed by atoms with E-state index in [-0.39, 0.29) is 11.8 Å². The molecule has 1 aliphatic heterocycles. The zero-order chi connectivity index (χ0) is 19.8. The quantitative estimate of drug-likeness (QED) is 0.691. The van der Waals surface area contributed by atoms with Crippen molar-refractivity contribution in [3.63, 3.8) is 0 Å². The number of imidazole rings is 1. The first-order valence-electron chi connectivity index (χ1n) is 9.54. The Kier molecular flexibility index (Phi) is 4.63. The normalized spacial score (nSPS) is 14.5. The van der Waals surface area contributed by atoms with Crippen molar-refractivity contribution in [2.75, 3.05) is 26.2 Å². The second kappa shape index (κ2) is 7.11. The van der Waals surface area contributed by atoms with Gasteiger partial charge in [-0.2, -0.15) is 0 Å². The topological polar surface area (TPSA) is 57.9 Å². The fraction of sp³-hybridized carbons (Fsp3) is 0.318. The molecule has 0 unspecified atom stereocenters. The Balaban J connectivity index is 1.77. The molecule has 0 N–H and O–H groups in total. The van der Waals surface area contributed by atoms with Crippen molar-refractivity contribution in [3.05, 3.63) is 59.4 Å². The smallest absolute Gasteiger partial charge is 0.273 e. The van der Waals surface area contributed by atoms with Crippen molar-refractivity contribution in [1.29, 1.82) is 0 Å². The van der Waals surface area contributed by atoms with E-state index in [1.165, 1.54) is 0 Å². The van der Waals surface area contributed by atoms with Crippen molar-refractivity contribution >= 4 is 17.5 Å². The molecule has 144 valence electrons. The van der Waals surface area contributed by atoms with Gasteiger partial charge in [0.25, 0.3) is 5.91 Å². The second-order valence-electron chi connectivity index (χ2n) is 7.41. The predicted octanol–water partition coefficient (Wildman–Crippen LogP) is 2.92. The molecule has 0 saturated carbocycles. The minimum Gasteiger partial charge on any atom is -0.339 e. The van der Waals surface area contributed by atoms with Crippen LogP contribution in [0.4, 0.5) is 0 Å². The van der Waals surface area contributed by atoms with Gasteiger partial charge < -0.3 is 9.80 Å². The summed E-state index contributed by atoms with van der Waals surface area (Å²) in [6.07, 6.45) is 1.96. The maximum absolute atomic E-state index is 13.5. The van der Waals surface area contributed by atoms with Crippen LogP contribution in [0.15, 0.2) is 42.6 Å². The standard InChI is InChI=1S/C22H24N4O2/c1-15-4-7-18(8-5-15)20-21(26-14-16(2)6-9-19(26)23-20)22(28)25-12-10-24(11-13-25)17(3)27/h4-9,14H,10-13H2,1-3H3. The number of rotatable bonds is 2. The molecule has 3 aromatic rings. The van der Waals surface area contributed by atoms with Crippen LogP contribution in [0.25, 0.3) is 16.9 Å². The average molecular weight is 376 g/mol. The van der Waals surface area contributed by atoms with Gasteiger partial charge in [0.15, 0.2) is 0 Å². The molecule has 6 heteroatoms. The highest BCUT2D eigenvalue weighted by Gasteiger charge is 2.28. The Morgan fingerprint density at radius 1 is 0.857 bits per heavy atom. The maximum atomic E-state index is 13.5. The highest BCUT2D eigenvalue weighted by atomic mass is 16.2. The third-order valence-electron chi connectivity index (χ3n) is 5.31. The predicted molar refractivity (Wildman–Crippen MR) is 108 cm³/mol. The van der Waals surface area contributed by atoms with Crippen LogP contribution in [0.2, 0.25) is 0 Å². The summed E-state index contributed by atoms with van der Waals surface area (Å²) < 4.78 is 1.89. The van der Waals surface area contributed by atoms with E-state index in [1.807, 2.05) is 65.7 Å². The van der Waals surface area contributed by atoms with E-state index in [4.69, 9.17) is 4.98 Å². The molecule has 1 fully saturated rings. The molecular formula is C22H24N4O2. The number of carbonyl (C=O) groups is 2. The third-order valence-corrected chi connectivity index (χ3v) is 5.31. The number of benzene rings is 1. The van der Waals surface area contributed by atoms with Gasteiger partial charge in [0.1, 0.15) is 17.0 Å². The molecule has 28 heavy (non-hydrogen) atoms. The maximum Gasteiger partial charge on any atom is 0.273 e. The molecule has 0 aliphatic carbocycles. The van der Waals surface area contributed by atoms with Crippen LogP contribution < -0.4 is 0 Å². The first kappa shape index (κ1) is 18.2. The Hall–Kier alpha value is -3.15. The molecule has 0 bridgehead atoms. The highest BCUT2D eigenvalue weighted by molar-refractivity contribution is 6.00. The monoisotopic (exact) mass is 376 g/mol. The summed E-state index contributed by atoms with van der Waals surface area (Å²) in [5, 5.41) is 0. The van der Waals surface area contributed by atoms with E-state index in [9.17, 15) is 9.59 Å². The summed E-state index contributed by atoms with van der Waals surface area (Å²) in [4.78, 5) is 33.4. The van der Waals surface area contributed by atoms with Gasteiger partial charge in [-0.1, -0.05) is 35.9 Å². The van der Waals surface area contributed by atoms with E-state index < -0.39 is 0 Å². The third kappa shape index (κ3) is 3.26. The first-order chi connectivity index (χ1) is 13.4. The number of aromatic nitrogens is 2. The Bertz CT molecular complexity index is 1040. The number of nitrogens with zero attached hydrogens (tertiary/aromatic N) is 4. The fourth-order valence-electron chi connectivity index (χ4n) is 3.64. The molecule has 1 aliphatic rings. The first-order valence-corrected chi connectivity index (χ1v) is 9.54. The number of hydrogen-bond acceptors (Lipinski definition) is 3. The molecule has 0 radical (unpaired) electrons. The molecule has 1 saturated heterocycles. The Morgan fingerprint density at radius 2 is 1.46 bits per heavy atom. The molecule has 4 rings (SSSR count). The van der Waals surface area contributed by atoms with Crippen LogP contribution in [0.5, 0.6) is 0 Å². The van der Waals surface area contributed by atoms with Gasteiger partial charge in [-0.05, 0) is 25.5 Å². The summed E-state index contributed by atoms with van der Waals surface area (Å²) in [7, 11) is 0. The van der Waals surface area contributed by atoms with E-state index in [1.54, 1.807) is 11.8 Å². The van der Waals surface area contributed by atoms with E-state index >= 15 is 0 Å². The van der Waals surface area contributed by atoms with Gasteiger partial charge in [-0.25, -0.2) is 4.98 Å². The molecule has 2 amide bonds. The van der Waals surface area contributed by atoms with Crippen molar-refractivity contribution in [1.82, 2.24) is 19.2 Å². The molecule has 2 aromatic heterocycles. The molecule has 0 atom stereocenters. The van der Waals surface area contributed by atoms with Gasteiger partial charge in [0.2, 0.25) is 5.91 Å². The number of carbonyl (C=O) groups excluding carboxylic acids is 2. The van der Waals surface area contributed by atoms with Crippen molar-refractivity contribution < 1.29 is 9.59 Å². The van der Waals surface area contributed by atoms with E-state index in [0.717, 1.165) is 22.3 Å². The van der Waals surface area contributed by atoms with Crippen LogP contribution in [-0.2, 0) is 4.79 Å². The zero-order valence-electron chi connectivity index (χ0n) is 16.5. The molecule has 0 spiro atoms. The lowest BCUT2D eigenvalue weighted by molar-refractivity contribution is -0.130. The number of piperazine rings is 1. The lowest BCUT2D eigenvalue weighted by Crippen LogP contribution is -2.50. The summed E-state index contributed by atoms with van der Waals surface area (Å²) >= 11 is 0. The van der Waals surface area contributed by atoms with Crippen LogP contribution in [0.1, 0.15) is 28.5 Å². The Morgan fingerprint density at radius 3 is 2.11 bits per heavy atom. The van der Waals surface area contributed by atoms with Crippen LogP contribution >= 0.6 is 0 Å². The molecule has 1 aromatic carbocycles. The van der Waals surface area contributed by atoms with Crippen LogP contribution in [-0.4, -0.2) is 57.2 Å². The largest absolute Gasteiger partial charge is 0.339 e. The van der Waals surface area contributed by atoms with Crippen molar-refractivity contribution in [3.8, 4) is 11.3 Å². The lowest BCUT2D eigenvalue weighted by atomic mass is 10.1. The fourth-order valence-corrected chi connectivity index (χ4v) is 3.64. The number of amides is 2. The van der Waals surface area contributed by atoms with E-state index in [0.29, 0.717) is 37.6 Å². The zero-order valence-corrected chi connectivity index (χ0v) is 16.5. The summed E-state index contributed by atoms with van der Waals surface area (Å²) in [5.74, 6) is 0.00903. The lowest BCUT2D eigenvalue weighted by Gasteiger charge is -2.34. The van der Waals surface area contributed by atoms with Gasteiger partial charge in [0.05, 0.1) is 0 Å². The minimum absolute atomic E-state index is 0.0446. The van der Waals surface area contributed by atoms with Crippen LogP contribution in [0, 0.1) is 13.8 Å². The van der Waals surface area contributed by atoms with E-state index in [2.05, 4.69) is 0 Å². The number of hydrogen-bond donors (Lipinski definition) is 0. The number of aryl methyl sites for hydroxylation is 2. The molecule has 3 heterocycles. The van der Waals surface area contributed by atoms with Gasteiger partial charge in [0, 0.05) is 44.9 Å². The average Bonchev–Trinajstić information content (AvgIpc) is 3.06. The second-order valence-corrected chi connectivity index (χ2v) is 7.41. The SMILES string of the molecule is CC(=O)N1CCN(C(=O)c2c(-c3ccc(C)cc3)nc3ccc(C)cn23)CC1. The summed E-state index contributed by atoms with van der Waals surface area (Å²) in [6, 6.07) is 12.0. The summed E-state index contributed by atoms with van der Waals surface area (Å²) in [6.45, 7) is 7.81. The Labute approximate surface area is 164 Å². The number of pyridine rings is 1. The van der Waals surface area contributed by atoms with Gasteiger partial charge in [-0.15, -0.1) is 0 Å². The van der Waals surface area contributed by atoms with Crippen molar-refractivity contribution in [2.24, 2.45) is 0 Å². The van der Waals surface area contributed by atoms with Gasteiger partial charge >= 0.3 is 0 Å². The number of fused-ring (bicyclic) bond motifs is 1. The summed E-state index contributed by atoms with van der Waals surface area (Å²) in [5.41, 5.74) is 5.19. The van der Waals surface area contributed by atoms with Crippen molar-refractivity contribution in [2.45, 2.75) is 20.8 Å². The molecular weight excluding hydrogens is 352 g/mol. The van der Waals surface area contributed by atoms with Crippen LogP contribution in [0.3, 0.4) is 0 Å². The minimum atomic E-state index is -0.0446. The molecule has 6 nitrogen and oxygen atoms in total.